The fourth-order valence-electron chi connectivity index (χ4n) is 1.55. The first kappa shape index (κ1) is 16.8. The van der Waals surface area contributed by atoms with Crippen LogP contribution in [0.1, 0.15) is 12.5 Å². The van der Waals surface area contributed by atoms with Gasteiger partial charge < -0.3 is 4.79 Å². The Hall–Kier alpha value is -2.21. The maximum atomic E-state index is 12.3. The van der Waals surface area contributed by atoms with Crippen molar-refractivity contribution in [3.05, 3.63) is 29.8 Å². The summed E-state index contributed by atoms with van der Waals surface area (Å²) in [7, 11) is -2.98. The minimum absolute atomic E-state index is 0.0933. The van der Waals surface area contributed by atoms with Gasteiger partial charge in [-0.05, 0) is 31.2 Å². The van der Waals surface area contributed by atoms with Crippen molar-refractivity contribution in [1.29, 1.82) is 0 Å². The number of hydroxylamine groups is 1. The number of hydrogen-bond donors (Lipinski definition) is 2. The predicted octanol–water partition coefficient (Wildman–Crippen LogP) is -0.249. The Labute approximate surface area is 122 Å². The number of benzene rings is 1. The van der Waals surface area contributed by atoms with Crippen LogP contribution in [0.5, 0.6) is 0 Å². The maximum Gasteiger partial charge on any atom is 0.269 e. The molecule has 2 N–H and O–H groups in total. The molecule has 1 rings (SSSR count). The van der Waals surface area contributed by atoms with Crippen LogP contribution in [0.4, 0.5) is 0 Å². The Kier molecular flexibility index (Phi) is 5.60. The molecule has 0 aliphatic heterocycles. The van der Waals surface area contributed by atoms with Gasteiger partial charge in [-0.15, -0.1) is 5.92 Å². The molecule has 1 amide bonds. The molecule has 0 radical (unpaired) electrons. The van der Waals surface area contributed by atoms with Crippen LogP contribution in [-0.2, 0) is 19.6 Å². The molecular formula is C13H14N2O5S. The normalized spacial score (nSPS) is 12.2. The van der Waals surface area contributed by atoms with Crippen LogP contribution in [0.3, 0.4) is 0 Å². The van der Waals surface area contributed by atoms with E-state index in [1.165, 1.54) is 29.7 Å². The summed E-state index contributed by atoms with van der Waals surface area (Å²) in [6.07, 6.45) is 0.125. The summed E-state index contributed by atoms with van der Waals surface area (Å²) < 4.78 is 25.2. The Morgan fingerprint density at radius 3 is 2.38 bits per heavy atom. The second-order valence-corrected chi connectivity index (χ2v) is 5.98. The minimum atomic E-state index is -4.06. The molecule has 21 heavy (non-hydrogen) atoms. The highest BCUT2D eigenvalue weighted by atomic mass is 32.2. The monoisotopic (exact) mass is 310 g/mol. The Morgan fingerprint density at radius 2 is 1.95 bits per heavy atom. The Balaban J connectivity index is 3.16. The average molecular weight is 310 g/mol. The van der Waals surface area contributed by atoms with Crippen LogP contribution < -0.4 is 5.48 Å². The average Bonchev–Trinajstić information content (AvgIpc) is 2.48. The molecule has 0 fully saturated rings. The highest BCUT2D eigenvalue weighted by Crippen LogP contribution is 2.16. The fourth-order valence-corrected chi connectivity index (χ4v) is 2.81. The molecule has 0 spiro atoms. The fraction of sp³-hybridized carbons (Fsp3) is 0.231. The molecule has 0 bridgehead atoms. The molecule has 1 aromatic carbocycles. The number of carbonyl (C=O) groups is 2. The topological polar surface area (TPSA) is 104 Å². The third-order valence-electron chi connectivity index (χ3n) is 2.70. The molecule has 0 saturated carbocycles. The standard InChI is InChI=1S/C13H14N2O5S/c1-3-4-10-5-7-11(8-6-10)21(19,20)15(2)12(9-16)13(17)14-18/h5-9,12,18H,1-2H3,(H,14,17)/t12-/m0/s1. The number of carbonyl (C=O) groups excluding carboxylic acids is 2. The number of rotatable bonds is 5. The molecule has 0 aliphatic carbocycles. The lowest BCUT2D eigenvalue weighted by atomic mass is 10.2. The molecule has 0 heterocycles. The zero-order valence-corrected chi connectivity index (χ0v) is 12.2. The predicted molar refractivity (Wildman–Crippen MR) is 73.7 cm³/mol. The van der Waals surface area contributed by atoms with E-state index in [1.807, 2.05) is 0 Å². The minimum Gasteiger partial charge on any atom is -0.301 e. The first-order valence-electron chi connectivity index (χ1n) is 5.78. The Morgan fingerprint density at radius 1 is 1.38 bits per heavy atom. The van der Waals surface area contributed by atoms with E-state index in [1.54, 1.807) is 6.92 Å². The number of amides is 1. The lowest BCUT2D eigenvalue weighted by Gasteiger charge is -2.21. The summed E-state index contributed by atoms with van der Waals surface area (Å²) in [5, 5.41) is 8.52. The molecule has 1 aromatic rings. The third kappa shape index (κ3) is 3.66. The number of nitrogens with one attached hydrogen (secondary N) is 1. The largest absolute Gasteiger partial charge is 0.301 e. The van der Waals surface area contributed by atoms with Crippen LogP contribution in [0.2, 0.25) is 0 Å². The number of likely N-dealkylation sites (N-methyl/N-ethyl adjacent to an activating group) is 1. The SMILES string of the molecule is CC#Cc1ccc(S(=O)(=O)N(C)[C@@H](C=O)C(=O)NO)cc1. The second kappa shape index (κ2) is 6.99. The molecule has 0 saturated heterocycles. The Bertz CT molecular complexity index is 686. The maximum absolute atomic E-state index is 12.3. The molecular weight excluding hydrogens is 296 g/mol. The van der Waals surface area contributed by atoms with Crippen molar-refractivity contribution in [1.82, 2.24) is 9.79 Å². The van der Waals surface area contributed by atoms with Crippen LogP contribution in [0.15, 0.2) is 29.2 Å². The van der Waals surface area contributed by atoms with Gasteiger partial charge in [-0.25, -0.2) is 13.9 Å². The van der Waals surface area contributed by atoms with Gasteiger partial charge in [-0.1, -0.05) is 5.92 Å². The van der Waals surface area contributed by atoms with Gasteiger partial charge in [0.15, 0.2) is 6.04 Å². The van der Waals surface area contributed by atoms with E-state index in [0.717, 1.165) is 7.05 Å². The van der Waals surface area contributed by atoms with E-state index < -0.39 is 22.0 Å². The van der Waals surface area contributed by atoms with Gasteiger partial charge >= 0.3 is 0 Å². The van der Waals surface area contributed by atoms with Gasteiger partial charge in [0.2, 0.25) is 10.0 Å². The highest BCUT2D eigenvalue weighted by Gasteiger charge is 2.32. The molecule has 8 heteroatoms. The summed E-state index contributed by atoms with van der Waals surface area (Å²) in [5.74, 6) is 4.31. The zero-order valence-electron chi connectivity index (χ0n) is 11.4. The third-order valence-corrected chi connectivity index (χ3v) is 4.55. The molecule has 112 valence electrons. The molecule has 0 aliphatic rings. The summed E-state index contributed by atoms with van der Waals surface area (Å²) in [4.78, 5) is 22.1. The lowest BCUT2D eigenvalue weighted by Crippen LogP contribution is -2.47. The van der Waals surface area contributed by atoms with E-state index in [2.05, 4.69) is 11.8 Å². The summed E-state index contributed by atoms with van der Waals surface area (Å²) in [6.45, 7) is 1.65. The van der Waals surface area contributed by atoms with Crippen LogP contribution >= 0.6 is 0 Å². The zero-order chi connectivity index (χ0) is 16.0. The van der Waals surface area contributed by atoms with Crippen molar-refractivity contribution >= 4 is 22.2 Å². The first-order chi connectivity index (χ1) is 9.88. The molecule has 7 nitrogen and oxygen atoms in total. The van der Waals surface area contributed by atoms with Crippen molar-refractivity contribution in [2.24, 2.45) is 0 Å². The van der Waals surface area contributed by atoms with E-state index in [4.69, 9.17) is 5.21 Å². The van der Waals surface area contributed by atoms with Gasteiger partial charge in [0.25, 0.3) is 5.91 Å². The van der Waals surface area contributed by atoms with E-state index >= 15 is 0 Å². The summed E-state index contributed by atoms with van der Waals surface area (Å²) >= 11 is 0. The quantitative estimate of drug-likeness (QED) is 0.257. The number of nitrogens with zero attached hydrogens (tertiary/aromatic N) is 1. The van der Waals surface area contributed by atoms with Crippen LogP contribution in [0, 0.1) is 11.8 Å². The van der Waals surface area contributed by atoms with E-state index in [0.29, 0.717) is 9.87 Å². The summed E-state index contributed by atoms with van der Waals surface area (Å²) in [5.41, 5.74) is 1.89. The molecule has 1 atom stereocenters. The van der Waals surface area contributed by atoms with Crippen molar-refractivity contribution in [2.75, 3.05) is 7.05 Å². The van der Waals surface area contributed by atoms with Crippen molar-refractivity contribution in [3.63, 3.8) is 0 Å². The van der Waals surface area contributed by atoms with E-state index in [9.17, 15) is 18.0 Å². The lowest BCUT2D eigenvalue weighted by molar-refractivity contribution is -0.135. The number of aldehydes is 1. The van der Waals surface area contributed by atoms with Gasteiger partial charge in [-0.3, -0.25) is 10.0 Å². The van der Waals surface area contributed by atoms with E-state index in [-0.39, 0.29) is 11.2 Å². The van der Waals surface area contributed by atoms with Crippen molar-refractivity contribution < 1.29 is 23.2 Å². The van der Waals surface area contributed by atoms with Crippen LogP contribution in [-0.4, -0.2) is 43.2 Å². The van der Waals surface area contributed by atoms with Gasteiger partial charge in [0.05, 0.1) is 4.90 Å². The molecule has 0 aromatic heterocycles. The van der Waals surface area contributed by atoms with Gasteiger partial charge in [0.1, 0.15) is 6.29 Å². The van der Waals surface area contributed by atoms with Crippen molar-refractivity contribution in [3.8, 4) is 11.8 Å². The second-order valence-electron chi connectivity index (χ2n) is 3.98. The van der Waals surface area contributed by atoms with Gasteiger partial charge in [0, 0.05) is 12.6 Å². The van der Waals surface area contributed by atoms with Gasteiger partial charge in [-0.2, -0.15) is 4.31 Å². The molecule has 0 unspecified atom stereocenters. The first-order valence-corrected chi connectivity index (χ1v) is 7.22. The van der Waals surface area contributed by atoms with Crippen molar-refractivity contribution in [2.45, 2.75) is 17.9 Å². The number of sulfonamides is 1. The van der Waals surface area contributed by atoms with Crippen LogP contribution in [0.25, 0.3) is 0 Å². The smallest absolute Gasteiger partial charge is 0.269 e. The highest BCUT2D eigenvalue weighted by molar-refractivity contribution is 7.89. The number of hydrogen-bond acceptors (Lipinski definition) is 5. The summed E-state index contributed by atoms with van der Waals surface area (Å²) in [6, 6.07) is 4.02.